The maximum Gasteiger partial charge on any atom is 0.306 e. The Kier molecular flexibility index (Phi) is 38.6. The molecule has 0 saturated heterocycles. The van der Waals surface area contributed by atoms with Gasteiger partial charge in [-0.2, -0.15) is 0 Å². The van der Waals surface area contributed by atoms with Gasteiger partial charge in [-0.15, -0.1) is 0 Å². The number of carbonyl (C=O) groups excluding carboxylic acids is 2. The van der Waals surface area contributed by atoms with Crippen molar-refractivity contribution < 1.29 is 47.2 Å². The van der Waals surface area contributed by atoms with E-state index < -0.39 is 32.5 Å². The van der Waals surface area contributed by atoms with Crippen LogP contribution in [0.15, 0.2) is 48.6 Å². The van der Waals surface area contributed by atoms with Gasteiger partial charge in [0.25, 0.3) is 7.82 Å². The van der Waals surface area contributed by atoms with E-state index >= 15 is 0 Å². The standard InChI is InChI=1S/C48H88NO9P/c1-6-8-10-11-12-13-14-15-16-19-22-25-28-31-35-39-47(51)55-43-46(44-57-59(53,54)56-42-41-49(3,4)5)58-48(52)40-36-32-29-26-23-20-17-18-21-24-27-30-34-38-45(50)37-33-9-7-2/h18,20-21,23,27,30,34,38,45-46,50H,6-17,19,22,24-26,28-29,31-33,35-37,39-44H2,1-5H3. The number of ether oxygens (including phenoxy) is 2. The highest BCUT2D eigenvalue weighted by Gasteiger charge is 2.21. The normalized spacial score (nSPS) is 14.5. The number of hydrogen-bond acceptors (Lipinski definition) is 9. The molecule has 0 aliphatic carbocycles. The Balaban J connectivity index is 4.42. The summed E-state index contributed by atoms with van der Waals surface area (Å²) in [5, 5.41) is 9.90. The maximum atomic E-state index is 12.7. The summed E-state index contributed by atoms with van der Waals surface area (Å²) in [5.74, 6) is -0.888. The minimum Gasteiger partial charge on any atom is -0.756 e. The third-order valence-corrected chi connectivity index (χ3v) is 10.9. The van der Waals surface area contributed by atoms with E-state index in [0.717, 1.165) is 77.0 Å². The van der Waals surface area contributed by atoms with Crippen molar-refractivity contribution in [3.8, 4) is 0 Å². The van der Waals surface area contributed by atoms with Gasteiger partial charge >= 0.3 is 11.9 Å². The summed E-state index contributed by atoms with van der Waals surface area (Å²) in [6.07, 6.45) is 43.1. The highest BCUT2D eigenvalue weighted by atomic mass is 31.2. The van der Waals surface area contributed by atoms with Crippen molar-refractivity contribution in [1.29, 1.82) is 0 Å². The third-order valence-electron chi connectivity index (χ3n) is 9.96. The Morgan fingerprint density at radius 2 is 1.14 bits per heavy atom. The molecule has 0 spiro atoms. The smallest absolute Gasteiger partial charge is 0.306 e. The largest absolute Gasteiger partial charge is 0.756 e. The van der Waals surface area contributed by atoms with Gasteiger partial charge < -0.3 is 33.0 Å². The van der Waals surface area contributed by atoms with E-state index in [1.54, 1.807) is 0 Å². The molecule has 0 fully saturated rings. The topological polar surface area (TPSA) is 131 Å². The summed E-state index contributed by atoms with van der Waals surface area (Å²) in [6, 6.07) is 0. The summed E-state index contributed by atoms with van der Waals surface area (Å²) in [4.78, 5) is 37.6. The average molecular weight is 854 g/mol. The first-order chi connectivity index (χ1) is 28.4. The molecule has 11 heteroatoms. The molecule has 0 aromatic rings. The number of hydrogen-bond donors (Lipinski definition) is 1. The second-order valence-electron chi connectivity index (χ2n) is 17.0. The van der Waals surface area contributed by atoms with Gasteiger partial charge in [-0.3, -0.25) is 14.2 Å². The first kappa shape index (κ1) is 56.9. The molecule has 0 radical (unpaired) electrons. The van der Waals surface area contributed by atoms with E-state index in [1.807, 2.05) is 39.4 Å². The van der Waals surface area contributed by atoms with E-state index in [9.17, 15) is 24.2 Å². The number of unbranched alkanes of at least 4 members (excludes halogenated alkanes) is 19. The van der Waals surface area contributed by atoms with Gasteiger partial charge in [-0.25, -0.2) is 0 Å². The molecular formula is C48H88NO9P. The molecule has 0 aromatic heterocycles. The van der Waals surface area contributed by atoms with E-state index in [1.165, 1.54) is 77.0 Å². The van der Waals surface area contributed by atoms with E-state index in [0.29, 0.717) is 17.4 Å². The van der Waals surface area contributed by atoms with Crippen molar-refractivity contribution in [2.75, 3.05) is 47.5 Å². The average Bonchev–Trinajstić information content (AvgIpc) is 3.18. The summed E-state index contributed by atoms with van der Waals surface area (Å²) in [5.41, 5.74) is 0. The van der Waals surface area contributed by atoms with Crippen LogP contribution in [-0.4, -0.2) is 81.2 Å². The minimum atomic E-state index is -4.64. The van der Waals surface area contributed by atoms with Crippen LogP contribution in [0.2, 0.25) is 0 Å². The maximum absolute atomic E-state index is 12.7. The Bertz CT molecular complexity index is 1160. The highest BCUT2D eigenvalue weighted by molar-refractivity contribution is 7.45. The molecule has 0 aliphatic heterocycles. The zero-order chi connectivity index (χ0) is 43.7. The van der Waals surface area contributed by atoms with Crippen LogP contribution >= 0.6 is 7.82 Å². The number of aliphatic hydroxyl groups is 1. The van der Waals surface area contributed by atoms with Gasteiger partial charge in [0.05, 0.1) is 33.9 Å². The Labute approximate surface area is 361 Å². The van der Waals surface area contributed by atoms with E-state index in [4.69, 9.17) is 18.5 Å². The predicted octanol–water partition coefficient (Wildman–Crippen LogP) is 11.8. The van der Waals surface area contributed by atoms with Crippen LogP contribution in [0.1, 0.15) is 187 Å². The lowest BCUT2D eigenvalue weighted by molar-refractivity contribution is -0.870. The summed E-state index contributed by atoms with van der Waals surface area (Å²) >= 11 is 0. The molecule has 1 N–H and O–H groups in total. The fourth-order valence-corrected chi connectivity index (χ4v) is 6.95. The van der Waals surface area contributed by atoms with Crippen LogP contribution in [-0.2, 0) is 32.7 Å². The van der Waals surface area contributed by atoms with E-state index in [-0.39, 0.29) is 32.2 Å². The van der Waals surface area contributed by atoms with Crippen LogP contribution in [0, 0.1) is 0 Å². The number of phosphoric ester groups is 1. The lowest BCUT2D eigenvalue weighted by Gasteiger charge is -2.28. The van der Waals surface area contributed by atoms with Crippen molar-refractivity contribution in [3.05, 3.63) is 48.6 Å². The third kappa shape index (κ3) is 43.8. The lowest BCUT2D eigenvalue weighted by atomic mass is 10.0. The predicted molar refractivity (Wildman–Crippen MR) is 242 cm³/mol. The monoisotopic (exact) mass is 854 g/mol. The first-order valence-corrected chi connectivity index (χ1v) is 24.9. The Morgan fingerprint density at radius 3 is 1.73 bits per heavy atom. The molecule has 3 unspecified atom stereocenters. The fourth-order valence-electron chi connectivity index (χ4n) is 6.22. The number of carbonyl (C=O) groups is 2. The zero-order valence-electron chi connectivity index (χ0n) is 38.3. The summed E-state index contributed by atoms with van der Waals surface area (Å²) < 4.78 is 33.9. The van der Waals surface area contributed by atoms with Crippen molar-refractivity contribution in [2.24, 2.45) is 0 Å². The SMILES string of the molecule is CCCCCCCCCCCCCCCCCC(=O)OCC(COP(=O)([O-])OCC[N+](C)(C)C)OC(=O)CCCCCC=CCC=CCC=CC=CC(O)CCCCC. The molecule has 0 rings (SSSR count). The molecule has 0 saturated carbocycles. The molecular weight excluding hydrogens is 765 g/mol. The summed E-state index contributed by atoms with van der Waals surface area (Å²) in [6.45, 7) is 4.06. The van der Waals surface area contributed by atoms with Gasteiger partial charge in [0.1, 0.15) is 19.8 Å². The quantitative estimate of drug-likeness (QED) is 0.0159. The highest BCUT2D eigenvalue weighted by Crippen LogP contribution is 2.38. The Hall–Kier alpha value is -2.07. The van der Waals surface area contributed by atoms with Crippen LogP contribution < -0.4 is 4.89 Å². The summed E-state index contributed by atoms with van der Waals surface area (Å²) in [7, 11) is 1.12. The number of allylic oxidation sites excluding steroid dienone is 7. The molecule has 0 amide bonds. The van der Waals surface area contributed by atoms with Gasteiger partial charge in [0.2, 0.25) is 0 Å². The molecule has 0 aromatic carbocycles. The zero-order valence-corrected chi connectivity index (χ0v) is 39.2. The fraction of sp³-hybridized carbons (Fsp3) is 0.792. The van der Waals surface area contributed by atoms with Crippen molar-refractivity contribution in [1.82, 2.24) is 0 Å². The lowest BCUT2D eigenvalue weighted by Crippen LogP contribution is -2.37. The second-order valence-corrected chi connectivity index (χ2v) is 18.4. The number of quaternary nitrogens is 1. The first-order valence-electron chi connectivity index (χ1n) is 23.5. The molecule has 3 atom stereocenters. The van der Waals surface area contributed by atoms with Crippen LogP contribution in [0.3, 0.4) is 0 Å². The number of phosphoric acid groups is 1. The van der Waals surface area contributed by atoms with Crippen LogP contribution in [0.5, 0.6) is 0 Å². The van der Waals surface area contributed by atoms with Gasteiger partial charge in [-0.05, 0) is 44.9 Å². The van der Waals surface area contributed by atoms with E-state index in [2.05, 4.69) is 44.2 Å². The second kappa shape index (κ2) is 40.0. The van der Waals surface area contributed by atoms with Gasteiger partial charge in [0.15, 0.2) is 6.10 Å². The number of likely N-dealkylation sites (N-methyl/N-ethyl adjacent to an activating group) is 1. The molecule has 0 aliphatic rings. The number of rotatable bonds is 42. The van der Waals surface area contributed by atoms with Crippen molar-refractivity contribution in [3.63, 3.8) is 0 Å². The molecule has 59 heavy (non-hydrogen) atoms. The molecule has 0 heterocycles. The van der Waals surface area contributed by atoms with Gasteiger partial charge in [0, 0.05) is 12.8 Å². The molecule has 344 valence electrons. The number of nitrogens with zero attached hydrogens (tertiary/aromatic N) is 1. The van der Waals surface area contributed by atoms with Crippen LogP contribution in [0.4, 0.5) is 0 Å². The van der Waals surface area contributed by atoms with Crippen LogP contribution in [0.25, 0.3) is 0 Å². The van der Waals surface area contributed by atoms with Gasteiger partial charge in [-0.1, -0.05) is 178 Å². The Morgan fingerprint density at radius 1 is 0.627 bits per heavy atom. The minimum absolute atomic E-state index is 0.0447. The number of aliphatic hydroxyl groups excluding tert-OH is 1. The molecule has 10 nitrogen and oxygen atoms in total. The molecule has 0 bridgehead atoms. The number of esters is 2. The van der Waals surface area contributed by atoms with Crippen molar-refractivity contribution >= 4 is 19.8 Å². The van der Waals surface area contributed by atoms with Crippen molar-refractivity contribution in [2.45, 2.75) is 199 Å².